The average Bonchev–Trinajstić information content (AvgIpc) is 3.24. The fourth-order valence-electron chi connectivity index (χ4n) is 4.41. The topological polar surface area (TPSA) is 118 Å². The zero-order valence-electron chi connectivity index (χ0n) is 19.1. The number of carbonyl (C=O) groups excluding carboxylic acids is 1. The van der Waals surface area contributed by atoms with Gasteiger partial charge in [-0.2, -0.15) is 0 Å². The predicted molar refractivity (Wildman–Crippen MR) is 123 cm³/mol. The highest BCUT2D eigenvalue weighted by atomic mass is 19.1. The van der Waals surface area contributed by atoms with E-state index in [1.54, 1.807) is 25.4 Å². The van der Waals surface area contributed by atoms with Crippen molar-refractivity contribution in [2.75, 3.05) is 24.4 Å². The molecule has 4 N–H and O–H groups in total. The number of anilines is 2. The lowest BCUT2D eigenvalue weighted by atomic mass is 9.77. The van der Waals surface area contributed by atoms with Gasteiger partial charge in [-0.25, -0.2) is 24.8 Å². The van der Waals surface area contributed by atoms with Gasteiger partial charge >= 0.3 is 0 Å². The average molecular weight is 456 g/mol. The third-order valence-electron chi connectivity index (χ3n) is 6.41. The van der Waals surface area contributed by atoms with Gasteiger partial charge in [-0.15, -0.1) is 0 Å². The van der Waals surface area contributed by atoms with Gasteiger partial charge in [0.05, 0.1) is 18.8 Å². The molecule has 1 fully saturated rings. The van der Waals surface area contributed by atoms with Gasteiger partial charge in [0, 0.05) is 31.0 Å². The van der Waals surface area contributed by atoms with E-state index in [0.29, 0.717) is 24.5 Å². The van der Waals surface area contributed by atoms with Crippen LogP contribution in [0.25, 0.3) is 0 Å². The molecule has 1 aliphatic carbocycles. The molecule has 4 rings (SSSR count). The van der Waals surface area contributed by atoms with Crippen molar-refractivity contribution < 1.29 is 13.9 Å². The van der Waals surface area contributed by atoms with Crippen LogP contribution in [0.2, 0.25) is 0 Å². The maximum atomic E-state index is 13.3. The van der Waals surface area contributed by atoms with Crippen LogP contribution < -0.4 is 21.5 Å². The second-order valence-electron chi connectivity index (χ2n) is 8.69. The largest absolute Gasteiger partial charge is 0.384 e. The van der Waals surface area contributed by atoms with Crippen molar-refractivity contribution >= 4 is 17.5 Å². The molecule has 2 aromatic heterocycles. The fraction of sp³-hybridized carbons (Fsp3) is 0.478. The Kier molecular flexibility index (Phi) is 6.57. The first-order valence-corrected chi connectivity index (χ1v) is 11.1. The summed E-state index contributed by atoms with van der Waals surface area (Å²) in [6.45, 7) is 3.95. The summed E-state index contributed by atoms with van der Waals surface area (Å²) < 4.78 is 19.0. The number of aryl methyl sites for hydroxylation is 1. The van der Waals surface area contributed by atoms with E-state index in [2.05, 4.69) is 25.7 Å². The highest BCUT2D eigenvalue weighted by Gasteiger charge is 2.43. The van der Waals surface area contributed by atoms with Crippen LogP contribution in [0.1, 0.15) is 61.6 Å². The first-order chi connectivity index (χ1) is 15.8. The van der Waals surface area contributed by atoms with Gasteiger partial charge in [0.1, 0.15) is 28.9 Å². The number of amides is 1. The Labute approximate surface area is 192 Å². The van der Waals surface area contributed by atoms with Crippen LogP contribution in [0.4, 0.5) is 16.0 Å². The molecule has 1 saturated carbocycles. The Hall–Kier alpha value is -3.11. The normalized spacial score (nSPS) is 23.8. The minimum Gasteiger partial charge on any atom is -0.384 e. The molecule has 0 bridgehead atoms. The monoisotopic (exact) mass is 455 g/mol. The lowest BCUT2D eigenvalue weighted by Gasteiger charge is -2.38. The van der Waals surface area contributed by atoms with Crippen LogP contribution in [0.5, 0.6) is 0 Å². The van der Waals surface area contributed by atoms with E-state index in [0.717, 1.165) is 29.9 Å². The molecule has 9 nitrogen and oxygen atoms in total. The van der Waals surface area contributed by atoms with Gasteiger partial charge in [-0.1, -0.05) is 6.07 Å². The van der Waals surface area contributed by atoms with Crippen LogP contribution in [-0.4, -0.2) is 40.1 Å². The van der Waals surface area contributed by atoms with Crippen molar-refractivity contribution in [2.24, 2.45) is 0 Å². The first kappa shape index (κ1) is 23.1. The number of carbonyl (C=O) groups is 1. The summed E-state index contributed by atoms with van der Waals surface area (Å²) in [5.41, 5.74) is 9.56. The van der Waals surface area contributed by atoms with E-state index in [1.165, 1.54) is 11.2 Å². The molecule has 176 valence electrons. The molecule has 1 atom stereocenters. The third-order valence-corrected chi connectivity index (χ3v) is 6.41. The van der Waals surface area contributed by atoms with Crippen molar-refractivity contribution in [1.29, 1.82) is 0 Å². The number of hydrogen-bond acceptors (Lipinski definition) is 8. The summed E-state index contributed by atoms with van der Waals surface area (Å²) in [4.78, 5) is 26.5. The smallest absolute Gasteiger partial charge is 0.252 e. The number of halogens is 1. The van der Waals surface area contributed by atoms with Gasteiger partial charge in [0.25, 0.3) is 5.91 Å². The number of aromatic nitrogens is 3. The number of nitrogens with zero attached hydrogens (tertiary/aromatic N) is 4. The van der Waals surface area contributed by atoms with Crippen molar-refractivity contribution in [1.82, 2.24) is 25.7 Å². The number of nitrogens with two attached hydrogens (primary N) is 1. The number of hydrazine groups is 1. The van der Waals surface area contributed by atoms with Crippen molar-refractivity contribution in [2.45, 2.75) is 57.1 Å². The maximum Gasteiger partial charge on any atom is 0.252 e. The molecule has 1 amide bonds. The lowest BCUT2D eigenvalue weighted by molar-refractivity contribution is -0.148. The highest BCUT2D eigenvalue weighted by Crippen LogP contribution is 2.39. The van der Waals surface area contributed by atoms with Crippen LogP contribution in [0.15, 0.2) is 36.4 Å². The standard InChI is InChI=1S/C23H30FN7O2/c1-14-10-19(25)30-21(28-14)16-6-8-23(33-3,9-7-16)22(32)29-15(2)17-4-5-20(26-11-17)31-13-18(24)12-27-31/h4-5,10-11,13,15-16,27H,6-9,12H2,1-3H3,(H,29,32)(H2,25,28,30)/t15-,16?,23?/m0/s1. The Morgan fingerprint density at radius 1 is 1.36 bits per heavy atom. The number of pyridine rings is 1. The summed E-state index contributed by atoms with van der Waals surface area (Å²) in [6.07, 6.45) is 5.66. The summed E-state index contributed by atoms with van der Waals surface area (Å²) in [5.74, 6) is 1.54. The highest BCUT2D eigenvalue weighted by molar-refractivity contribution is 5.85. The van der Waals surface area contributed by atoms with E-state index in [4.69, 9.17) is 10.5 Å². The van der Waals surface area contributed by atoms with Gasteiger partial charge in [0.15, 0.2) is 0 Å². The minimum absolute atomic E-state index is 0.143. The van der Waals surface area contributed by atoms with E-state index < -0.39 is 5.60 Å². The maximum absolute atomic E-state index is 13.3. The summed E-state index contributed by atoms with van der Waals surface area (Å²) in [5, 5.41) is 4.60. The van der Waals surface area contributed by atoms with Crippen molar-refractivity contribution in [3.63, 3.8) is 0 Å². The third kappa shape index (κ3) is 4.96. The summed E-state index contributed by atoms with van der Waals surface area (Å²) in [6, 6.07) is 5.14. The Balaban J connectivity index is 1.38. The predicted octanol–water partition coefficient (Wildman–Crippen LogP) is 2.82. The summed E-state index contributed by atoms with van der Waals surface area (Å²) in [7, 11) is 1.58. The number of nitrogen functional groups attached to an aromatic ring is 1. The zero-order chi connectivity index (χ0) is 23.6. The van der Waals surface area contributed by atoms with E-state index in [1.807, 2.05) is 19.9 Å². The second-order valence-corrected chi connectivity index (χ2v) is 8.69. The van der Waals surface area contributed by atoms with E-state index in [-0.39, 0.29) is 30.2 Å². The zero-order valence-corrected chi connectivity index (χ0v) is 19.1. The molecule has 10 heteroatoms. The van der Waals surface area contributed by atoms with Gasteiger partial charge < -0.3 is 15.8 Å². The molecule has 0 unspecified atom stereocenters. The molecule has 33 heavy (non-hydrogen) atoms. The Bertz CT molecular complexity index is 1020. The minimum atomic E-state index is -0.894. The lowest BCUT2D eigenvalue weighted by Crippen LogP contribution is -2.50. The molecule has 2 aromatic rings. The molecule has 1 aliphatic heterocycles. The molecule has 0 radical (unpaired) electrons. The van der Waals surface area contributed by atoms with Crippen molar-refractivity contribution in [3.05, 3.63) is 53.5 Å². The van der Waals surface area contributed by atoms with E-state index >= 15 is 0 Å². The van der Waals surface area contributed by atoms with Crippen LogP contribution in [0, 0.1) is 6.92 Å². The Morgan fingerprint density at radius 2 is 2.12 bits per heavy atom. The van der Waals surface area contributed by atoms with Gasteiger partial charge in [-0.3, -0.25) is 9.80 Å². The molecule has 0 aromatic carbocycles. The number of rotatable bonds is 6. The first-order valence-electron chi connectivity index (χ1n) is 11.1. The number of methoxy groups -OCH3 is 1. The van der Waals surface area contributed by atoms with Crippen molar-refractivity contribution in [3.8, 4) is 0 Å². The van der Waals surface area contributed by atoms with E-state index in [9.17, 15) is 9.18 Å². The van der Waals surface area contributed by atoms with Crippen LogP contribution in [0.3, 0.4) is 0 Å². The molecular formula is C23H30FN7O2. The van der Waals surface area contributed by atoms with Gasteiger partial charge in [0.2, 0.25) is 0 Å². The van der Waals surface area contributed by atoms with Crippen LogP contribution in [-0.2, 0) is 9.53 Å². The molecule has 3 heterocycles. The van der Waals surface area contributed by atoms with Gasteiger partial charge in [-0.05, 0) is 51.2 Å². The second kappa shape index (κ2) is 9.40. The number of ether oxygens (including phenoxy) is 1. The number of hydrogen-bond donors (Lipinski definition) is 3. The summed E-state index contributed by atoms with van der Waals surface area (Å²) >= 11 is 0. The fourth-order valence-corrected chi connectivity index (χ4v) is 4.41. The number of nitrogens with one attached hydrogen (secondary N) is 2. The molecule has 0 spiro atoms. The molecule has 0 saturated heterocycles. The quantitative estimate of drug-likeness (QED) is 0.609. The Morgan fingerprint density at radius 3 is 2.70 bits per heavy atom. The molecular weight excluding hydrogens is 425 g/mol. The SMILES string of the molecule is COC1(C(=O)N[C@@H](C)c2ccc(N3C=C(F)CN3)nc2)CCC(c2nc(C)cc(N)n2)CC1. The molecule has 2 aliphatic rings. The van der Waals surface area contributed by atoms with Crippen LogP contribution >= 0.6 is 0 Å².